The number of nitrogen functional groups attached to an aromatic ring is 1. The fourth-order valence-corrected chi connectivity index (χ4v) is 1.69. The van der Waals surface area contributed by atoms with Crippen LogP contribution in [0.3, 0.4) is 0 Å². The molecule has 13 heavy (non-hydrogen) atoms. The molecule has 1 aliphatic carbocycles. The zero-order valence-electron chi connectivity index (χ0n) is 7.10. The maximum Gasteiger partial charge on any atom is 0.136 e. The number of hydrogen-bond donors (Lipinski definition) is 1. The van der Waals surface area contributed by atoms with Gasteiger partial charge in [-0.1, -0.05) is 17.3 Å². The van der Waals surface area contributed by atoms with Crippen molar-refractivity contribution in [3.05, 3.63) is 29.8 Å². The molecular weight excluding hydrogens is 164 g/mol. The molecule has 2 atom stereocenters. The molecule has 3 rings (SSSR count). The Bertz CT molecular complexity index is 369. The maximum atomic E-state index is 5.60. The average molecular weight is 174 g/mol. The normalized spacial score (nSPS) is 29.1. The first kappa shape index (κ1) is 6.95. The Hall–Kier alpha value is -1.51. The second-order valence-corrected chi connectivity index (χ2v) is 3.58. The first-order valence-electron chi connectivity index (χ1n) is 4.44. The number of rotatable bonds is 1. The van der Waals surface area contributed by atoms with E-state index in [9.17, 15) is 0 Å². The van der Waals surface area contributed by atoms with Crippen molar-refractivity contribution in [3.8, 4) is 0 Å². The third-order valence-corrected chi connectivity index (χ3v) is 2.58. The van der Waals surface area contributed by atoms with Crippen molar-refractivity contribution >= 4 is 11.4 Å². The summed E-state index contributed by atoms with van der Waals surface area (Å²) in [7, 11) is 0. The second kappa shape index (κ2) is 2.25. The van der Waals surface area contributed by atoms with Crippen molar-refractivity contribution in [2.24, 2.45) is 11.1 Å². The van der Waals surface area contributed by atoms with Gasteiger partial charge in [-0.2, -0.15) is 0 Å². The van der Waals surface area contributed by atoms with Crippen LogP contribution in [0.5, 0.6) is 0 Å². The van der Waals surface area contributed by atoms with Gasteiger partial charge < -0.3 is 10.6 Å². The van der Waals surface area contributed by atoms with Gasteiger partial charge in [-0.05, 0) is 24.1 Å². The van der Waals surface area contributed by atoms with Crippen LogP contribution < -0.4 is 5.73 Å². The third kappa shape index (κ3) is 1.00. The minimum atomic E-state index is 0.368. The monoisotopic (exact) mass is 174 g/mol. The van der Waals surface area contributed by atoms with Gasteiger partial charge in [-0.25, -0.2) is 0 Å². The number of benzene rings is 1. The lowest BCUT2D eigenvalue weighted by Gasteiger charge is -1.99. The van der Waals surface area contributed by atoms with Crippen LogP contribution in [-0.2, 0) is 4.84 Å². The predicted octanol–water partition coefficient (Wildman–Crippen LogP) is 1.39. The fraction of sp³-hybridized carbons (Fsp3) is 0.300. The molecular formula is C10H10N2O. The van der Waals surface area contributed by atoms with Crippen molar-refractivity contribution in [1.29, 1.82) is 0 Å². The van der Waals surface area contributed by atoms with Crippen LogP contribution in [0.1, 0.15) is 12.0 Å². The molecule has 2 N–H and O–H groups in total. The summed E-state index contributed by atoms with van der Waals surface area (Å²) in [5.41, 5.74) is 8.61. The first-order chi connectivity index (χ1) is 6.34. The summed E-state index contributed by atoms with van der Waals surface area (Å²) >= 11 is 0. The zero-order valence-corrected chi connectivity index (χ0v) is 7.10. The van der Waals surface area contributed by atoms with Gasteiger partial charge >= 0.3 is 0 Å². The summed E-state index contributed by atoms with van der Waals surface area (Å²) in [5, 5.41) is 4.04. The number of fused-ring (bicyclic) bond motifs is 1. The van der Waals surface area contributed by atoms with E-state index in [4.69, 9.17) is 10.6 Å². The van der Waals surface area contributed by atoms with Crippen LogP contribution in [0.15, 0.2) is 29.4 Å². The first-order valence-corrected chi connectivity index (χ1v) is 4.44. The number of nitrogens with two attached hydrogens (primary N) is 1. The Kier molecular flexibility index (Phi) is 1.20. The molecule has 2 aliphatic rings. The molecule has 0 bridgehead atoms. The highest BCUT2D eigenvalue weighted by Gasteiger charge is 2.48. The Labute approximate surface area is 76.2 Å². The van der Waals surface area contributed by atoms with E-state index in [1.54, 1.807) is 0 Å². The maximum absolute atomic E-state index is 5.60. The van der Waals surface area contributed by atoms with Crippen LogP contribution in [-0.4, -0.2) is 11.8 Å². The van der Waals surface area contributed by atoms with Crippen LogP contribution in [0.4, 0.5) is 5.69 Å². The van der Waals surface area contributed by atoms with Crippen molar-refractivity contribution in [2.75, 3.05) is 5.73 Å². The molecule has 0 spiro atoms. The smallest absolute Gasteiger partial charge is 0.136 e. The van der Waals surface area contributed by atoms with Gasteiger partial charge in [0.05, 0.1) is 5.71 Å². The van der Waals surface area contributed by atoms with E-state index in [2.05, 4.69) is 5.16 Å². The molecule has 0 unspecified atom stereocenters. The van der Waals surface area contributed by atoms with Gasteiger partial charge in [0.15, 0.2) is 0 Å². The number of nitrogens with zero attached hydrogens (tertiary/aromatic N) is 1. The molecule has 66 valence electrons. The molecule has 0 aromatic heterocycles. The summed E-state index contributed by atoms with van der Waals surface area (Å²) in [6.07, 6.45) is 1.50. The summed E-state index contributed by atoms with van der Waals surface area (Å²) in [6.45, 7) is 0. The largest absolute Gasteiger partial charge is 0.399 e. The van der Waals surface area contributed by atoms with Gasteiger partial charge in [-0.3, -0.25) is 0 Å². The summed E-state index contributed by atoms with van der Waals surface area (Å²) in [6, 6.07) is 7.79. The quantitative estimate of drug-likeness (QED) is 0.654. The second-order valence-electron chi connectivity index (χ2n) is 3.58. The van der Waals surface area contributed by atoms with Gasteiger partial charge in [0.2, 0.25) is 0 Å². The molecule has 0 radical (unpaired) electrons. The van der Waals surface area contributed by atoms with E-state index in [1.807, 2.05) is 24.3 Å². The highest BCUT2D eigenvalue weighted by molar-refractivity contribution is 6.05. The van der Waals surface area contributed by atoms with Crippen LogP contribution >= 0.6 is 0 Å². The Morgan fingerprint density at radius 3 is 2.62 bits per heavy atom. The van der Waals surface area contributed by atoms with E-state index < -0.39 is 0 Å². The predicted molar refractivity (Wildman–Crippen MR) is 50.4 cm³/mol. The van der Waals surface area contributed by atoms with Crippen molar-refractivity contribution in [2.45, 2.75) is 12.5 Å². The molecule has 0 amide bonds. The molecule has 1 aliphatic heterocycles. The summed E-state index contributed by atoms with van der Waals surface area (Å²) in [4.78, 5) is 5.18. The highest BCUT2D eigenvalue weighted by atomic mass is 16.7. The number of anilines is 1. The van der Waals surface area contributed by atoms with Crippen LogP contribution in [0.25, 0.3) is 0 Å². The van der Waals surface area contributed by atoms with Gasteiger partial charge in [-0.15, -0.1) is 0 Å². The zero-order chi connectivity index (χ0) is 8.84. The van der Waals surface area contributed by atoms with Gasteiger partial charge in [0.25, 0.3) is 0 Å². The SMILES string of the molecule is Nc1ccc(C2=NO[C@H]3C[C@@H]23)cc1. The number of oxime groups is 1. The standard InChI is InChI=1S/C10H10N2O/c11-7-3-1-6(2-4-7)10-8-5-9(8)13-12-10/h1-4,8-9H,5,11H2/t8-,9+/m1/s1. The Morgan fingerprint density at radius 2 is 2.08 bits per heavy atom. The van der Waals surface area contributed by atoms with Gasteiger partial charge in [0, 0.05) is 11.6 Å². The van der Waals surface area contributed by atoms with E-state index >= 15 is 0 Å². The Balaban J connectivity index is 1.96. The van der Waals surface area contributed by atoms with E-state index in [-0.39, 0.29) is 0 Å². The minimum absolute atomic E-state index is 0.368. The van der Waals surface area contributed by atoms with Crippen LogP contribution in [0.2, 0.25) is 0 Å². The fourth-order valence-electron chi connectivity index (χ4n) is 1.69. The topological polar surface area (TPSA) is 47.6 Å². The molecule has 1 heterocycles. The minimum Gasteiger partial charge on any atom is -0.399 e. The highest BCUT2D eigenvalue weighted by Crippen LogP contribution is 2.42. The van der Waals surface area contributed by atoms with E-state index in [0.29, 0.717) is 12.0 Å². The molecule has 3 nitrogen and oxygen atoms in total. The van der Waals surface area contributed by atoms with Crippen LogP contribution in [0, 0.1) is 5.92 Å². The lowest BCUT2D eigenvalue weighted by Crippen LogP contribution is -2.01. The summed E-state index contributed by atoms with van der Waals surface area (Å²) in [5.74, 6) is 0.545. The van der Waals surface area contributed by atoms with Crippen molar-refractivity contribution in [1.82, 2.24) is 0 Å². The summed E-state index contributed by atoms with van der Waals surface area (Å²) < 4.78 is 0. The molecule has 3 heteroatoms. The van der Waals surface area contributed by atoms with Gasteiger partial charge in [0.1, 0.15) is 6.10 Å². The lowest BCUT2D eigenvalue weighted by atomic mass is 10.1. The molecule has 1 fully saturated rings. The third-order valence-electron chi connectivity index (χ3n) is 2.58. The molecule has 1 aromatic carbocycles. The van der Waals surface area contributed by atoms with Crippen molar-refractivity contribution < 1.29 is 4.84 Å². The molecule has 1 aromatic rings. The van der Waals surface area contributed by atoms with Crippen molar-refractivity contribution in [3.63, 3.8) is 0 Å². The molecule has 0 saturated heterocycles. The van der Waals surface area contributed by atoms with E-state index in [1.165, 1.54) is 0 Å². The Morgan fingerprint density at radius 1 is 1.31 bits per heavy atom. The molecule has 1 saturated carbocycles. The lowest BCUT2D eigenvalue weighted by molar-refractivity contribution is 0.140. The van der Waals surface area contributed by atoms with E-state index in [0.717, 1.165) is 23.4 Å². The average Bonchev–Trinajstić information content (AvgIpc) is 2.81. The number of hydrogen-bond acceptors (Lipinski definition) is 3.